The molecule has 0 fully saturated rings. The van der Waals surface area contributed by atoms with Gasteiger partial charge in [-0.1, -0.05) is 23.7 Å². The lowest BCUT2D eigenvalue weighted by Gasteiger charge is -2.09. The maximum atomic E-state index is 12.5. The van der Waals surface area contributed by atoms with Crippen molar-refractivity contribution in [1.82, 2.24) is 0 Å². The number of rotatable bonds is 6. The first kappa shape index (κ1) is 20.3. The minimum atomic E-state index is -1.13. The summed E-state index contributed by atoms with van der Waals surface area (Å²) in [6.45, 7) is 0. The van der Waals surface area contributed by atoms with Gasteiger partial charge in [-0.3, -0.25) is 24.0 Å². The maximum absolute atomic E-state index is 12.5. The highest BCUT2D eigenvalue weighted by Crippen LogP contribution is 2.24. The average Bonchev–Trinajstić information content (AvgIpc) is 2.59. The van der Waals surface area contributed by atoms with E-state index in [1.807, 2.05) is 0 Å². The third kappa shape index (κ3) is 4.02. The highest BCUT2D eigenvalue weighted by Gasteiger charge is 2.28. The lowest BCUT2D eigenvalue weighted by Crippen LogP contribution is -2.19. The summed E-state index contributed by atoms with van der Waals surface area (Å²) in [6, 6.07) is 7.12. The van der Waals surface area contributed by atoms with Crippen LogP contribution in [0.25, 0.3) is 0 Å². The van der Waals surface area contributed by atoms with E-state index in [0.29, 0.717) is 0 Å². The van der Waals surface area contributed by atoms with Crippen molar-refractivity contribution in [1.29, 1.82) is 0 Å². The molecule has 5 nitrogen and oxygen atoms in total. The van der Waals surface area contributed by atoms with Crippen LogP contribution in [0.1, 0.15) is 51.8 Å². The Balaban J connectivity index is 2.55. The fourth-order valence-corrected chi connectivity index (χ4v) is 2.93. The van der Waals surface area contributed by atoms with Crippen LogP contribution < -0.4 is 0 Å². The van der Waals surface area contributed by atoms with Gasteiger partial charge in [0.2, 0.25) is 11.6 Å². The highest BCUT2D eigenvalue weighted by atomic mass is 35.5. The molecule has 0 spiro atoms. The number of halogens is 4. The molecule has 132 valence electrons. The van der Waals surface area contributed by atoms with E-state index in [1.54, 1.807) is 0 Å². The van der Waals surface area contributed by atoms with E-state index in [0.717, 1.165) is 18.2 Å². The second-order valence-corrected chi connectivity index (χ2v) is 6.34. The van der Waals surface area contributed by atoms with Gasteiger partial charge in [0.05, 0.1) is 10.6 Å². The van der Waals surface area contributed by atoms with E-state index in [4.69, 9.17) is 46.4 Å². The van der Waals surface area contributed by atoms with Gasteiger partial charge in [0.15, 0.2) is 0 Å². The van der Waals surface area contributed by atoms with Crippen molar-refractivity contribution >= 4 is 73.7 Å². The Bertz CT molecular complexity index is 981. The zero-order chi connectivity index (χ0) is 19.6. The summed E-state index contributed by atoms with van der Waals surface area (Å²) in [5, 5.41) is -3.11. The quantitative estimate of drug-likeness (QED) is 0.380. The molecule has 2 aromatic carbocycles. The van der Waals surface area contributed by atoms with Crippen molar-refractivity contribution in [2.75, 3.05) is 0 Å². The third-order valence-electron chi connectivity index (χ3n) is 3.36. The van der Waals surface area contributed by atoms with Crippen LogP contribution in [0.15, 0.2) is 36.4 Å². The van der Waals surface area contributed by atoms with Crippen molar-refractivity contribution in [3.8, 4) is 0 Å². The third-order valence-corrected chi connectivity index (χ3v) is 4.29. The fraction of sp³-hybridized carbons (Fsp3) is 0. The number of carbonyl (C=O) groups is 5. The minimum absolute atomic E-state index is 0.0343. The van der Waals surface area contributed by atoms with E-state index in [-0.39, 0.29) is 21.7 Å². The number of hydrogen-bond donors (Lipinski definition) is 0. The Hall–Kier alpha value is -2.05. The summed E-state index contributed by atoms with van der Waals surface area (Å²) < 4.78 is 0. The SMILES string of the molecule is O=C(Cl)c1ccc(C(=O)C(=O)c2cccc(C(=O)Cl)c2C(=O)Cl)c(Cl)c1. The molecule has 0 radical (unpaired) electrons. The van der Waals surface area contributed by atoms with Crippen molar-refractivity contribution in [2.45, 2.75) is 0 Å². The van der Waals surface area contributed by atoms with E-state index in [2.05, 4.69) is 0 Å². The van der Waals surface area contributed by atoms with Gasteiger partial charge >= 0.3 is 0 Å². The van der Waals surface area contributed by atoms with Crippen LogP contribution in [-0.2, 0) is 0 Å². The van der Waals surface area contributed by atoms with Gasteiger partial charge in [0, 0.05) is 22.3 Å². The minimum Gasteiger partial charge on any atom is -0.285 e. The molecule has 0 saturated carbocycles. The molecule has 0 bridgehead atoms. The second-order valence-electron chi connectivity index (χ2n) is 4.90. The Labute approximate surface area is 166 Å². The summed E-state index contributed by atoms with van der Waals surface area (Å²) >= 11 is 22.1. The molecule has 0 aromatic heterocycles. The summed E-state index contributed by atoms with van der Waals surface area (Å²) in [4.78, 5) is 59.2. The van der Waals surface area contributed by atoms with Crippen LogP contribution in [0.5, 0.6) is 0 Å². The number of benzene rings is 2. The van der Waals surface area contributed by atoms with E-state index in [9.17, 15) is 24.0 Å². The predicted molar refractivity (Wildman–Crippen MR) is 97.1 cm³/mol. The van der Waals surface area contributed by atoms with Gasteiger partial charge in [0.25, 0.3) is 15.7 Å². The normalized spacial score (nSPS) is 10.3. The van der Waals surface area contributed by atoms with E-state index in [1.165, 1.54) is 18.2 Å². The van der Waals surface area contributed by atoms with Crippen molar-refractivity contribution in [2.24, 2.45) is 0 Å². The Morgan fingerprint density at radius 2 is 1.23 bits per heavy atom. The van der Waals surface area contributed by atoms with Crippen molar-refractivity contribution < 1.29 is 24.0 Å². The molecule has 0 atom stereocenters. The molecule has 2 aromatic rings. The van der Waals surface area contributed by atoms with E-state index >= 15 is 0 Å². The fourth-order valence-electron chi connectivity index (χ4n) is 2.18. The number of hydrogen-bond acceptors (Lipinski definition) is 5. The Morgan fingerprint density at radius 3 is 1.73 bits per heavy atom. The van der Waals surface area contributed by atoms with Crippen molar-refractivity contribution in [3.05, 3.63) is 69.2 Å². The van der Waals surface area contributed by atoms with Gasteiger partial charge in [-0.25, -0.2) is 0 Å². The van der Waals surface area contributed by atoms with Gasteiger partial charge in [-0.15, -0.1) is 0 Å². The van der Waals surface area contributed by atoms with Crippen LogP contribution in [0.2, 0.25) is 5.02 Å². The van der Waals surface area contributed by atoms with E-state index < -0.39 is 38.4 Å². The Morgan fingerprint density at radius 1 is 0.654 bits per heavy atom. The zero-order valence-corrected chi connectivity index (χ0v) is 15.5. The lowest BCUT2D eigenvalue weighted by molar-refractivity contribution is 0.0815. The smallest absolute Gasteiger partial charge is 0.253 e. The van der Waals surface area contributed by atoms with Crippen LogP contribution in [0.4, 0.5) is 0 Å². The molecular formula is C17H6Cl4O5. The van der Waals surface area contributed by atoms with Crippen LogP contribution in [0.3, 0.4) is 0 Å². The first-order valence-electron chi connectivity index (χ1n) is 6.76. The first-order valence-corrected chi connectivity index (χ1v) is 8.27. The van der Waals surface area contributed by atoms with Crippen LogP contribution >= 0.6 is 46.4 Å². The second kappa shape index (κ2) is 8.10. The van der Waals surface area contributed by atoms with Crippen molar-refractivity contribution in [3.63, 3.8) is 0 Å². The molecule has 26 heavy (non-hydrogen) atoms. The molecule has 0 saturated heterocycles. The summed E-state index contributed by atoms with van der Waals surface area (Å²) in [7, 11) is 0. The molecule has 0 heterocycles. The largest absolute Gasteiger partial charge is 0.285 e. The Kier molecular flexibility index (Phi) is 6.31. The number of carbonyl (C=O) groups excluding carboxylic acids is 5. The molecule has 0 aliphatic carbocycles. The number of Topliss-reactive ketones (excluding diaryl/α,β-unsaturated/α-hetero) is 2. The monoisotopic (exact) mass is 430 g/mol. The first-order chi connectivity index (χ1) is 12.1. The molecule has 2 rings (SSSR count). The van der Waals surface area contributed by atoms with Crippen LogP contribution in [-0.4, -0.2) is 27.3 Å². The van der Waals surface area contributed by atoms with Gasteiger partial charge < -0.3 is 0 Å². The molecule has 0 aliphatic rings. The van der Waals surface area contributed by atoms with Crippen LogP contribution in [0, 0.1) is 0 Å². The molecule has 0 N–H and O–H groups in total. The molecule has 9 heteroatoms. The number of ketones is 2. The van der Waals surface area contributed by atoms with Gasteiger partial charge in [-0.05, 0) is 59.1 Å². The predicted octanol–water partition coefficient (Wildman–Crippen LogP) is 4.54. The zero-order valence-electron chi connectivity index (χ0n) is 12.5. The molecular weight excluding hydrogens is 426 g/mol. The molecule has 0 aliphatic heterocycles. The van der Waals surface area contributed by atoms with Gasteiger partial charge in [0.1, 0.15) is 0 Å². The van der Waals surface area contributed by atoms with Gasteiger partial charge in [-0.2, -0.15) is 0 Å². The average molecular weight is 432 g/mol. The summed E-state index contributed by atoms with van der Waals surface area (Å²) in [6.07, 6.45) is 0. The standard InChI is InChI=1S/C17H6Cl4O5/c18-11-6-7(15(19)24)4-5-8(11)13(22)14(23)9-2-1-3-10(16(20)25)12(9)17(21)26/h1-6H. The summed E-state index contributed by atoms with van der Waals surface area (Å²) in [5.41, 5.74) is -1.35. The highest BCUT2D eigenvalue weighted by molar-refractivity contribution is 6.72. The molecule has 0 amide bonds. The lowest BCUT2D eigenvalue weighted by atomic mass is 9.94. The topological polar surface area (TPSA) is 85.3 Å². The molecule has 0 unspecified atom stereocenters. The summed E-state index contributed by atoms with van der Waals surface area (Å²) in [5.74, 6) is -2.19. The maximum Gasteiger partial charge on any atom is 0.253 e.